The lowest BCUT2D eigenvalue weighted by atomic mass is 9.92. The predicted molar refractivity (Wildman–Crippen MR) is 41.2 cm³/mol. The second-order valence-electron chi connectivity index (χ2n) is 3.46. The van der Waals surface area contributed by atoms with Crippen LogP contribution in [-0.4, -0.2) is 15.1 Å². The molecule has 11 heavy (non-hydrogen) atoms. The summed E-state index contributed by atoms with van der Waals surface area (Å²) in [7, 11) is 0. The van der Waals surface area contributed by atoms with Crippen LogP contribution in [0, 0.1) is 6.33 Å². The van der Waals surface area contributed by atoms with Gasteiger partial charge in [-0.1, -0.05) is 20.8 Å². The Balaban J connectivity index is 3.06. The summed E-state index contributed by atoms with van der Waals surface area (Å²) in [6, 6.07) is 1.55. The van der Waals surface area contributed by atoms with Crippen LogP contribution in [0.25, 0.3) is 0 Å². The van der Waals surface area contributed by atoms with Gasteiger partial charge >= 0.3 is 0 Å². The number of nitrogens with zero attached hydrogens (tertiary/aromatic N) is 2. The zero-order chi connectivity index (χ0) is 8.48. The molecule has 1 N–H and O–H groups in total. The van der Waals surface area contributed by atoms with Gasteiger partial charge < -0.3 is 5.11 Å². The zero-order valence-corrected chi connectivity index (χ0v) is 6.92. The molecule has 3 heteroatoms. The Morgan fingerprint density at radius 3 is 2.36 bits per heavy atom. The third kappa shape index (κ3) is 1.90. The fourth-order valence-electron chi connectivity index (χ4n) is 0.701. The van der Waals surface area contributed by atoms with Gasteiger partial charge in [-0.05, 0) is 0 Å². The number of aromatic hydroxyl groups is 1. The molecule has 1 heterocycles. The van der Waals surface area contributed by atoms with Gasteiger partial charge in [-0.2, -0.15) is 4.98 Å². The number of hydrogen-bond donors (Lipinski definition) is 1. The van der Waals surface area contributed by atoms with Gasteiger partial charge in [0.2, 0.25) is 12.2 Å². The fraction of sp³-hybridized carbons (Fsp3) is 0.500. The monoisotopic (exact) mass is 151 g/mol. The molecule has 0 aromatic carbocycles. The number of aromatic nitrogens is 2. The third-order valence-corrected chi connectivity index (χ3v) is 1.37. The summed E-state index contributed by atoms with van der Waals surface area (Å²) < 4.78 is 0. The first-order valence-electron chi connectivity index (χ1n) is 3.45. The number of rotatable bonds is 0. The molecule has 1 aromatic heterocycles. The van der Waals surface area contributed by atoms with Crippen molar-refractivity contribution in [3.8, 4) is 5.88 Å². The van der Waals surface area contributed by atoms with Crippen LogP contribution in [0.2, 0.25) is 0 Å². The first-order valence-corrected chi connectivity index (χ1v) is 3.45. The van der Waals surface area contributed by atoms with Crippen LogP contribution >= 0.6 is 0 Å². The summed E-state index contributed by atoms with van der Waals surface area (Å²) in [5, 5.41) is 8.99. The highest BCUT2D eigenvalue weighted by atomic mass is 16.3. The average molecular weight is 151 g/mol. The van der Waals surface area contributed by atoms with E-state index in [9.17, 15) is 0 Å². The van der Waals surface area contributed by atoms with E-state index in [0.717, 1.165) is 5.69 Å². The SMILES string of the molecule is CC(C)(C)c1cc(O)n[c]n1. The van der Waals surface area contributed by atoms with Crippen molar-refractivity contribution in [3.63, 3.8) is 0 Å². The summed E-state index contributed by atoms with van der Waals surface area (Å²) in [5.41, 5.74) is 0.738. The molecule has 0 fully saturated rings. The van der Waals surface area contributed by atoms with Gasteiger partial charge in [0.25, 0.3) is 0 Å². The Hall–Kier alpha value is -1.12. The van der Waals surface area contributed by atoms with Crippen LogP contribution in [0.3, 0.4) is 0 Å². The smallest absolute Gasteiger partial charge is 0.214 e. The minimum atomic E-state index is -0.0586. The maximum absolute atomic E-state index is 8.99. The second kappa shape index (κ2) is 2.49. The van der Waals surface area contributed by atoms with Gasteiger partial charge in [0.15, 0.2) is 0 Å². The molecule has 0 atom stereocenters. The average Bonchev–Trinajstić information content (AvgIpc) is 1.86. The van der Waals surface area contributed by atoms with Crippen molar-refractivity contribution in [2.75, 3.05) is 0 Å². The predicted octanol–water partition coefficient (Wildman–Crippen LogP) is 1.28. The van der Waals surface area contributed by atoms with E-state index in [-0.39, 0.29) is 11.3 Å². The molecule has 0 saturated carbocycles. The highest BCUT2D eigenvalue weighted by Gasteiger charge is 2.15. The molecule has 0 aliphatic carbocycles. The van der Waals surface area contributed by atoms with Crippen molar-refractivity contribution in [2.45, 2.75) is 26.2 Å². The fourth-order valence-corrected chi connectivity index (χ4v) is 0.701. The third-order valence-electron chi connectivity index (χ3n) is 1.37. The van der Waals surface area contributed by atoms with Gasteiger partial charge in [0, 0.05) is 11.5 Å². The molecule has 1 radical (unpaired) electrons. The summed E-state index contributed by atoms with van der Waals surface area (Å²) in [6.07, 6.45) is 2.39. The van der Waals surface area contributed by atoms with Crippen molar-refractivity contribution in [2.24, 2.45) is 0 Å². The highest BCUT2D eigenvalue weighted by Crippen LogP contribution is 2.20. The molecule has 3 nitrogen and oxygen atoms in total. The van der Waals surface area contributed by atoms with Gasteiger partial charge in [-0.25, -0.2) is 4.98 Å². The van der Waals surface area contributed by atoms with Gasteiger partial charge in [-0.15, -0.1) is 0 Å². The molecule has 0 aliphatic rings. The summed E-state index contributed by atoms with van der Waals surface area (Å²) >= 11 is 0. The maximum atomic E-state index is 8.99. The normalized spacial score (nSPS) is 11.5. The van der Waals surface area contributed by atoms with E-state index in [1.807, 2.05) is 20.8 Å². The van der Waals surface area contributed by atoms with Crippen LogP contribution in [0.15, 0.2) is 6.07 Å². The maximum Gasteiger partial charge on any atom is 0.214 e. The lowest BCUT2D eigenvalue weighted by Gasteiger charge is -2.16. The van der Waals surface area contributed by atoms with Gasteiger partial charge in [0.05, 0.1) is 5.69 Å². The van der Waals surface area contributed by atoms with Gasteiger partial charge in [-0.3, -0.25) is 0 Å². The summed E-state index contributed by atoms with van der Waals surface area (Å²) in [4.78, 5) is 7.39. The first-order chi connectivity index (χ1) is 5.00. The van der Waals surface area contributed by atoms with E-state index in [1.165, 1.54) is 0 Å². The van der Waals surface area contributed by atoms with E-state index in [4.69, 9.17) is 5.11 Å². The Bertz CT molecular complexity index is 253. The van der Waals surface area contributed by atoms with Crippen molar-refractivity contribution in [3.05, 3.63) is 18.1 Å². The minimum absolute atomic E-state index is 0.0232. The topological polar surface area (TPSA) is 46.0 Å². The molecule has 0 unspecified atom stereocenters. The standard InChI is InChI=1S/C8H11N2O/c1-8(2,3)6-4-7(11)10-5-9-6/h4H,1-3H3,(H,9,10,11). The van der Waals surface area contributed by atoms with E-state index >= 15 is 0 Å². The quantitative estimate of drug-likeness (QED) is 0.607. The van der Waals surface area contributed by atoms with Crippen LogP contribution in [0.5, 0.6) is 5.88 Å². The lowest BCUT2D eigenvalue weighted by molar-refractivity contribution is 0.444. The van der Waals surface area contributed by atoms with Crippen molar-refractivity contribution in [1.82, 2.24) is 9.97 Å². The molecule has 0 bridgehead atoms. The Morgan fingerprint density at radius 1 is 1.36 bits per heavy atom. The summed E-state index contributed by atoms with van der Waals surface area (Å²) in [6.45, 7) is 6.05. The van der Waals surface area contributed by atoms with E-state index in [0.29, 0.717) is 0 Å². The van der Waals surface area contributed by atoms with Gasteiger partial charge in [0.1, 0.15) is 0 Å². The zero-order valence-electron chi connectivity index (χ0n) is 6.92. The van der Waals surface area contributed by atoms with Crippen LogP contribution < -0.4 is 0 Å². The van der Waals surface area contributed by atoms with Crippen LogP contribution in [0.1, 0.15) is 26.5 Å². The van der Waals surface area contributed by atoms with E-state index in [2.05, 4.69) is 16.3 Å². The van der Waals surface area contributed by atoms with E-state index in [1.54, 1.807) is 6.07 Å². The van der Waals surface area contributed by atoms with E-state index < -0.39 is 0 Å². The Kier molecular flexibility index (Phi) is 1.81. The molecule has 0 saturated heterocycles. The van der Waals surface area contributed by atoms with Crippen molar-refractivity contribution < 1.29 is 5.11 Å². The largest absolute Gasteiger partial charge is 0.493 e. The Morgan fingerprint density at radius 2 is 2.00 bits per heavy atom. The van der Waals surface area contributed by atoms with Crippen LogP contribution in [-0.2, 0) is 5.41 Å². The summed E-state index contributed by atoms with van der Waals surface area (Å²) in [5.74, 6) is -0.0232. The second-order valence-corrected chi connectivity index (χ2v) is 3.46. The first kappa shape index (κ1) is 7.98. The molecule has 0 amide bonds. The Labute approximate surface area is 66.1 Å². The molecule has 1 rings (SSSR count). The lowest BCUT2D eigenvalue weighted by Crippen LogP contribution is -2.13. The molecule has 1 aromatic rings. The minimum Gasteiger partial charge on any atom is -0.493 e. The number of hydrogen-bond acceptors (Lipinski definition) is 3. The molecule has 0 aliphatic heterocycles. The molecule has 59 valence electrons. The van der Waals surface area contributed by atoms with Crippen molar-refractivity contribution >= 4 is 0 Å². The highest BCUT2D eigenvalue weighted by molar-refractivity contribution is 5.17. The van der Waals surface area contributed by atoms with Crippen LogP contribution in [0.4, 0.5) is 0 Å². The molecule has 0 spiro atoms. The molecular formula is C8H11N2O. The van der Waals surface area contributed by atoms with Crippen molar-refractivity contribution in [1.29, 1.82) is 0 Å². The molecular weight excluding hydrogens is 140 g/mol.